The van der Waals surface area contributed by atoms with Crippen LogP contribution in [0, 0.1) is 5.92 Å². The van der Waals surface area contributed by atoms with E-state index in [4.69, 9.17) is 27.9 Å². The number of aromatic nitrogens is 1. The van der Waals surface area contributed by atoms with Crippen LogP contribution >= 0.6 is 23.2 Å². The maximum Gasteiger partial charge on any atom is 0.147 e. The van der Waals surface area contributed by atoms with Crippen LogP contribution in [0.3, 0.4) is 0 Å². The van der Waals surface area contributed by atoms with Gasteiger partial charge in [0.1, 0.15) is 11.6 Å². The van der Waals surface area contributed by atoms with Gasteiger partial charge in [-0.2, -0.15) is 0 Å². The zero-order valence-corrected chi connectivity index (χ0v) is 12.5. The lowest BCUT2D eigenvalue weighted by molar-refractivity contribution is 0.0595. The molecule has 0 aromatic carbocycles. The lowest BCUT2D eigenvalue weighted by Gasteiger charge is -2.22. The van der Waals surface area contributed by atoms with Gasteiger partial charge in [-0.3, -0.25) is 0 Å². The lowest BCUT2D eigenvalue weighted by atomic mass is 10.0. The predicted molar refractivity (Wildman–Crippen MR) is 80.5 cm³/mol. The highest BCUT2D eigenvalue weighted by Gasteiger charge is 2.15. The normalized spacial score (nSPS) is 19.2. The van der Waals surface area contributed by atoms with Crippen molar-refractivity contribution in [3.05, 3.63) is 16.1 Å². The van der Waals surface area contributed by atoms with Crippen LogP contribution in [0.25, 0.3) is 0 Å². The summed E-state index contributed by atoms with van der Waals surface area (Å²) in [4.78, 5) is 4.42. The van der Waals surface area contributed by atoms with Crippen molar-refractivity contribution >= 4 is 34.8 Å². The maximum atomic E-state index is 6.15. The Kier molecular flexibility index (Phi) is 5.55. The van der Waals surface area contributed by atoms with Crippen molar-refractivity contribution in [3.63, 3.8) is 0 Å². The first kappa shape index (κ1) is 14.7. The third-order valence-electron chi connectivity index (χ3n) is 3.09. The van der Waals surface area contributed by atoms with Gasteiger partial charge in [0, 0.05) is 19.7 Å². The Balaban J connectivity index is 2.00. The van der Waals surface area contributed by atoms with Crippen LogP contribution in [-0.2, 0) is 4.74 Å². The highest BCUT2D eigenvalue weighted by atomic mass is 35.5. The number of halogens is 2. The minimum absolute atomic E-state index is 0.518. The van der Waals surface area contributed by atoms with Gasteiger partial charge in [0.25, 0.3) is 0 Å². The molecule has 1 atom stereocenters. The molecule has 1 aliphatic heterocycles. The van der Waals surface area contributed by atoms with Gasteiger partial charge >= 0.3 is 0 Å². The molecule has 1 aliphatic rings. The Labute approximate surface area is 123 Å². The molecule has 0 aliphatic carbocycles. The molecule has 19 heavy (non-hydrogen) atoms. The Hall–Kier alpha value is -0.710. The molecule has 106 valence electrons. The van der Waals surface area contributed by atoms with E-state index < -0.39 is 0 Å². The van der Waals surface area contributed by atoms with E-state index in [0.29, 0.717) is 27.6 Å². The predicted octanol–water partition coefficient (Wildman–Crippen LogP) is 3.66. The van der Waals surface area contributed by atoms with E-state index in [-0.39, 0.29) is 0 Å². The summed E-state index contributed by atoms with van der Waals surface area (Å²) in [6, 6.07) is 1.72. The van der Waals surface area contributed by atoms with Gasteiger partial charge in [-0.15, -0.1) is 0 Å². The standard InChI is InChI=1S/C13H19Cl2N3O/c1-2-16-12-10(14)6-11(15)13(18-12)17-7-9-4-3-5-19-8-9/h6,9H,2-5,7-8H2,1H3,(H2,16,17,18). The van der Waals surface area contributed by atoms with Crippen molar-refractivity contribution in [1.29, 1.82) is 0 Å². The number of rotatable bonds is 5. The van der Waals surface area contributed by atoms with Crippen LogP contribution < -0.4 is 10.6 Å². The molecule has 0 radical (unpaired) electrons. The second kappa shape index (κ2) is 7.17. The number of nitrogens with one attached hydrogen (secondary N) is 2. The van der Waals surface area contributed by atoms with Crippen LogP contribution in [0.4, 0.5) is 11.6 Å². The Morgan fingerprint density at radius 1 is 1.32 bits per heavy atom. The first-order chi connectivity index (χ1) is 9.20. The van der Waals surface area contributed by atoms with Gasteiger partial charge in [0.2, 0.25) is 0 Å². The summed E-state index contributed by atoms with van der Waals surface area (Å²) in [5.74, 6) is 1.86. The maximum absolute atomic E-state index is 6.15. The van der Waals surface area contributed by atoms with Gasteiger partial charge in [0.05, 0.1) is 16.7 Å². The summed E-state index contributed by atoms with van der Waals surface area (Å²) in [6.45, 7) is 5.27. The quantitative estimate of drug-likeness (QED) is 0.871. The van der Waals surface area contributed by atoms with Crippen molar-refractivity contribution in [2.45, 2.75) is 19.8 Å². The third kappa shape index (κ3) is 4.13. The Bertz CT molecular complexity index is 423. The molecule has 0 amide bonds. The number of hydrogen-bond donors (Lipinski definition) is 2. The zero-order valence-electron chi connectivity index (χ0n) is 11.0. The highest BCUT2D eigenvalue weighted by Crippen LogP contribution is 2.29. The molecule has 6 heteroatoms. The third-order valence-corrected chi connectivity index (χ3v) is 3.66. The van der Waals surface area contributed by atoms with Gasteiger partial charge in [0.15, 0.2) is 0 Å². The molecule has 2 N–H and O–H groups in total. The van der Waals surface area contributed by atoms with Gasteiger partial charge < -0.3 is 15.4 Å². The Morgan fingerprint density at radius 2 is 2.05 bits per heavy atom. The average Bonchev–Trinajstić information content (AvgIpc) is 2.42. The molecule has 1 unspecified atom stereocenters. The average molecular weight is 304 g/mol. The minimum Gasteiger partial charge on any atom is -0.381 e. The fourth-order valence-electron chi connectivity index (χ4n) is 2.09. The summed E-state index contributed by atoms with van der Waals surface area (Å²) in [7, 11) is 0. The van der Waals surface area contributed by atoms with Crippen molar-refractivity contribution in [2.24, 2.45) is 5.92 Å². The van der Waals surface area contributed by atoms with E-state index in [1.165, 1.54) is 6.42 Å². The molecule has 4 nitrogen and oxygen atoms in total. The van der Waals surface area contributed by atoms with E-state index >= 15 is 0 Å². The van der Waals surface area contributed by atoms with Crippen LogP contribution in [0.5, 0.6) is 0 Å². The lowest BCUT2D eigenvalue weighted by Crippen LogP contribution is -2.24. The highest BCUT2D eigenvalue weighted by molar-refractivity contribution is 6.37. The van der Waals surface area contributed by atoms with Gasteiger partial charge in [-0.25, -0.2) is 4.98 Å². The Morgan fingerprint density at radius 3 is 2.68 bits per heavy atom. The summed E-state index contributed by atoms with van der Waals surface area (Å²) in [6.07, 6.45) is 2.30. The number of hydrogen-bond acceptors (Lipinski definition) is 4. The summed E-state index contributed by atoms with van der Waals surface area (Å²) >= 11 is 12.2. The molecule has 1 aromatic heterocycles. The van der Waals surface area contributed by atoms with E-state index in [1.807, 2.05) is 6.92 Å². The molecule has 1 saturated heterocycles. The van der Waals surface area contributed by atoms with Gasteiger partial charge in [-0.1, -0.05) is 23.2 Å². The van der Waals surface area contributed by atoms with E-state index in [9.17, 15) is 0 Å². The molecule has 1 fully saturated rings. The number of anilines is 2. The SMILES string of the molecule is CCNc1nc(NCC2CCCOC2)c(Cl)cc1Cl. The van der Waals surface area contributed by atoms with Gasteiger partial charge in [-0.05, 0) is 31.7 Å². The largest absolute Gasteiger partial charge is 0.381 e. The molecule has 0 saturated carbocycles. The van der Waals surface area contributed by atoms with Crippen molar-refractivity contribution in [2.75, 3.05) is 36.9 Å². The van der Waals surface area contributed by atoms with Crippen molar-refractivity contribution < 1.29 is 4.74 Å². The van der Waals surface area contributed by atoms with Crippen LogP contribution in [0.15, 0.2) is 6.07 Å². The zero-order chi connectivity index (χ0) is 13.7. The smallest absolute Gasteiger partial charge is 0.147 e. The fraction of sp³-hybridized carbons (Fsp3) is 0.615. The molecule has 0 bridgehead atoms. The van der Waals surface area contributed by atoms with E-state index in [0.717, 1.165) is 32.7 Å². The summed E-state index contributed by atoms with van der Waals surface area (Å²) in [5.41, 5.74) is 0. The van der Waals surface area contributed by atoms with Crippen LogP contribution in [-0.4, -0.2) is 31.3 Å². The molecule has 0 spiro atoms. The first-order valence-corrected chi connectivity index (χ1v) is 7.37. The molecular formula is C13H19Cl2N3O. The van der Waals surface area contributed by atoms with Crippen LogP contribution in [0.1, 0.15) is 19.8 Å². The number of ether oxygens (including phenoxy) is 1. The first-order valence-electron chi connectivity index (χ1n) is 6.62. The van der Waals surface area contributed by atoms with Crippen molar-refractivity contribution in [1.82, 2.24) is 4.98 Å². The number of nitrogens with zero attached hydrogens (tertiary/aromatic N) is 1. The topological polar surface area (TPSA) is 46.2 Å². The van der Waals surface area contributed by atoms with Crippen molar-refractivity contribution in [3.8, 4) is 0 Å². The molecule has 1 aromatic rings. The molecule has 2 heterocycles. The number of pyridine rings is 1. The fourth-order valence-corrected chi connectivity index (χ4v) is 2.58. The molecule has 2 rings (SSSR count). The monoisotopic (exact) mass is 303 g/mol. The second-order valence-electron chi connectivity index (χ2n) is 4.64. The van der Waals surface area contributed by atoms with Crippen LogP contribution in [0.2, 0.25) is 10.0 Å². The second-order valence-corrected chi connectivity index (χ2v) is 5.46. The molecular weight excluding hydrogens is 285 g/mol. The summed E-state index contributed by atoms with van der Waals surface area (Å²) < 4.78 is 5.46. The van der Waals surface area contributed by atoms with E-state index in [1.54, 1.807) is 6.07 Å². The minimum atomic E-state index is 0.518. The van der Waals surface area contributed by atoms with E-state index in [2.05, 4.69) is 15.6 Å². The summed E-state index contributed by atoms with van der Waals surface area (Å²) in [5, 5.41) is 7.49.